The van der Waals surface area contributed by atoms with E-state index >= 15 is 0 Å². The van der Waals surface area contributed by atoms with Gasteiger partial charge in [-0.3, -0.25) is 4.79 Å². The lowest BCUT2D eigenvalue weighted by Crippen LogP contribution is -2.11. The number of nitrogens with zero attached hydrogens (tertiary/aromatic N) is 3. The maximum Gasteiger partial charge on any atom is 0.337 e. The van der Waals surface area contributed by atoms with Crippen molar-refractivity contribution in [2.24, 2.45) is 0 Å². The van der Waals surface area contributed by atoms with E-state index in [0.29, 0.717) is 40.2 Å². The summed E-state index contributed by atoms with van der Waals surface area (Å²) in [6.07, 6.45) is 3.42. The molecule has 4 aromatic rings. The summed E-state index contributed by atoms with van der Waals surface area (Å²) in [4.78, 5) is 32.2. The van der Waals surface area contributed by atoms with Crippen molar-refractivity contribution in [1.29, 1.82) is 0 Å². The summed E-state index contributed by atoms with van der Waals surface area (Å²) in [6, 6.07) is 10.00. The Kier molecular flexibility index (Phi) is 6.40. The van der Waals surface area contributed by atoms with Gasteiger partial charge in [0.25, 0.3) is 0 Å². The number of amides is 1. The van der Waals surface area contributed by atoms with Crippen molar-refractivity contribution in [3.8, 4) is 22.9 Å². The molecule has 0 saturated heterocycles. The Hall–Kier alpha value is -4.80. The summed E-state index contributed by atoms with van der Waals surface area (Å²) in [5.41, 5.74) is 1.90. The number of hydrogen-bond donors (Lipinski definition) is 3. The third-order valence-electron chi connectivity index (χ3n) is 5.17. The Morgan fingerprint density at radius 3 is 2.31 bits per heavy atom. The van der Waals surface area contributed by atoms with Gasteiger partial charge in [0.05, 0.1) is 32.6 Å². The number of benzene rings is 2. The van der Waals surface area contributed by atoms with Crippen LogP contribution in [0.4, 0.5) is 17.3 Å². The molecule has 180 valence electrons. The standard InChI is InChI=1S/C24H23N5O6/c1-13(30)26-18-6-5-16(11-17(18)23(31)32)29-8-7-14-12-25-24(28-22(14)29)27-15-9-19(33-2)21(35-4)20(10-15)34-3/h5-12H,1-4H3,(H,26,30)(H,31,32)(H,25,27,28). The van der Waals surface area contributed by atoms with E-state index in [1.54, 1.807) is 41.2 Å². The van der Waals surface area contributed by atoms with Gasteiger partial charge < -0.3 is 34.5 Å². The second-order valence-corrected chi connectivity index (χ2v) is 7.41. The molecule has 35 heavy (non-hydrogen) atoms. The van der Waals surface area contributed by atoms with Gasteiger partial charge in [0.1, 0.15) is 5.65 Å². The average Bonchev–Trinajstić information content (AvgIpc) is 3.26. The predicted octanol–water partition coefficient (Wildman–Crippen LogP) is 3.85. The number of rotatable bonds is 8. The van der Waals surface area contributed by atoms with Crippen molar-refractivity contribution in [2.45, 2.75) is 6.92 Å². The van der Waals surface area contributed by atoms with Gasteiger partial charge in [0.15, 0.2) is 11.5 Å². The molecule has 0 saturated carbocycles. The van der Waals surface area contributed by atoms with Crippen LogP contribution in [-0.2, 0) is 4.79 Å². The highest BCUT2D eigenvalue weighted by atomic mass is 16.5. The van der Waals surface area contributed by atoms with E-state index in [-0.39, 0.29) is 17.2 Å². The second kappa shape index (κ2) is 9.59. The third kappa shape index (κ3) is 4.64. The fourth-order valence-electron chi connectivity index (χ4n) is 3.63. The number of methoxy groups -OCH3 is 3. The molecule has 0 spiro atoms. The van der Waals surface area contributed by atoms with Gasteiger partial charge in [0.2, 0.25) is 17.6 Å². The molecular weight excluding hydrogens is 454 g/mol. The van der Waals surface area contributed by atoms with E-state index in [1.165, 1.54) is 34.3 Å². The highest BCUT2D eigenvalue weighted by molar-refractivity contribution is 6.00. The van der Waals surface area contributed by atoms with E-state index in [0.717, 1.165) is 5.39 Å². The van der Waals surface area contributed by atoms with Gasteiger partial charge in [-0.25, -0.2) is 9.78 Å². The number of aromatic carboxylic acids is 1. The normalized spacial score (nSPS) is 10.6. The summed E-state index contributed by atoms with van der Waals surface area (Å²) < 4.78 is 17.9. The first-order valence-corrected chi connectivity index (χ1v) is 10.4. The Labute approximate surface area is 200 Å². The molecule has 1 amide bonds. The summed E-state index contributed by atoms with van der Waals surface area (Å²) in [5.74, 6) is 0.190. The summed E-state index contributed by atoms with van der Waals surface area (Å²) >= 11 is 0. The lowest BCUT2D eigenvalue weighted by Gasteiger charge is -2.14. The molecule has 0 bridgehead atoms. The molecule has 0 fully saturated rings. The quantitative estimate of drug-likeness (QED) is 0.346. The first-order chi connectivity index (χ1) is 16.8. The van der Waals surface area contributed by atoms with Crippen LogP contribution in [-0.4, -0.2) is 52.8 Å². The summed E-state index contributed by atoms with van der Waals surface area (Å²) in [5, 5.41) is 16.0. The van der Waals surface area contributed by atoms with Crippen molar-refractivity contribution in [3.05, 3.63) is 54.4 Å². The molecule has 0 atom stereocenters. The molecule has 0 aliphatic rings. The van der Waals surface area contributed by atoms with Gasteiger partial charge in [-0.05, 0) is 24.3 Å². The highest BCUT2D eigenvalue weighted by Gasteiger charge is 2.16. The maximum atomic E-state index is 11.8. The number of carbonyl (C=O) groups excluding carboxylic acids is 1. The Morgan fingerprint density at radius 2 is 1.71 bits per heavy atom. The zero-order valence-electron chi connectivity index (χ0n) is 19.4. The van der Waals surface area contributed by atoms with Crippen molar-refractivity contribution >= 4 is 40.2 Å². The molecule has 0 radical (unpaired) electrons. The van der Waals surface area contributed by atoms with Crippen LogP contribution in [0.2, 0.25) is 0 Å². The van der Waals surface area contributed by atoms with Gasteiger partial charge >= 0.3 is 5.97 Å². The van der Waals surface area contributed by atoms with E-state index in [4.69, 9.17) is 14.2 Å². The number of carboxylic acids is 1. The summed E-state index contributed by atoms with van der Waals surface area (Å²) in [7, 11) is 4.58. The first-order valence-electron chi connectivity index (χ1n) is 10.4. The lowest BCUT2D eigenvalue weighted by atomic mass is 10.1. The minimum atomic E-state index is -1.16. The SMILES string of the molecule is COc1cc(Nc2ncc3ccn(-c4ccc(NC(C)=O)c(C(=O)O)c4)c3n2)cc(OC)c1OC. The van der Waals surface area contributed by atoms with Crippen molar-refractivity contribution in [2.75, 3.05) is 32.0 Å². The Balaban J connectivity index is 1.73. The van der Waals surface area contributed by atoms with Crippen LogP contribution < -0.4 is 24.8 Å². The Morgan fingerprint density at radius 1 is 1.00 bits per heavy atom. The van der Waals surface area contributed by atoms with Gasteiger partial charge in [0, 0.05) is 48.2 Å². The van der Waals surface area contributed by atoms with E-state index < -0.39 is 5.97 Å². The van der Waals surface area contributed by atoms with Gasteiger partial charge in [-0.15, -0.1) is 0 Å². The fraction of sp³-hybridized carbons (Fsp3) is 0.167. The van der Waals surface area contributed by atoms with Gasteiger partial charge in [-0.1, -0.05) is 0 Å². The smallest absolute Gasteiger partial charge is 0.337 e. The van der Waals surface area contributed by atoms with E-state index in [9.17, 15) is 14.7 Å². The minimum absolute atomic E-state index is 0.0376. The van der Waals surface area contributed by atoms with E-state index in [2.05, 4.69) is 20.6 Å². The van der Waals surface area contributed by atoms with Crippen molar-refractivity contribution in [1.82, 2.24) is 14.5 Å². The molecule has 2 aromatic heterocycles. The number of carboxylic acid groups (broad SMARTS) is 1. The third-order valence-corrected chi connectivity index (χ3v) is 5.17. The monoisotopic (exact) mass is 477 g/mol. The van der Waals surface area contributed by atoms with E-state index in [1.807, 2.05) is 6.07 Å². The molecular formula is C24H23N5O6. The zero-order chi connectivity index (χ0) is 25.1. The second-order valence-electron chi connectivity index (χ2n) is 7.41. The molecule has 3 N–H and O–H groups in total. The lowest BCUT2D eigenvalue weighted by molar-refractivity contribution is -0.114. The number of hydrogen-bond acceptors (Lipinski definition) is 8. The maximum absolute atomic E-state index is 11.8. The largest absolute Gasteiger partial charge is 0.493 e. The number of anilines is 3. The van der Waals surface area contributed by atoms with Crippen LogP contribution in [0.5, 0.6) is 17.2 Å². The molecule has 2 heterocycles. The molecule has 4 rings (SSSR count). The number of nitrogens with one attached hydrogen (secondary N) is 2. The molecule has 2 aromatic carbocycles. The molecule has 0 unspecified atom stereocenters. The molecule has 11 nitrogen and oxygen atoms in total. The van der Waals surface area contributed by atoms with Crippen LogP contribution in [0, 0.1) is 0 Å². The molecule has 0 aliphatic heterocycles. The van der Waals surface area contributed by atoms with Crippen molar-refractivity contribution in [3.63, 3.8) is 0 Å². The first kappa shape index (κ1) is 23.4. The van der Waals surface area contributed by atoms with Crippen LogP contribution in [0.3, 0.4) is 0 Å². The summed E-state index contributed by atoms with van der Waals surface area (Å²) in [6.45, 7) is 1.32. The number of fused-ring (bicyclic) bond motifs is 1. The average molecular weight is 477 g/mol. The van der Waals surface area contributed by atoms with Crippen molar-refractivity contribution < 1.29 is 28.9 Å². The van der Waals surface area contributed by atoms with Crippen LogP contribution in [0.1, 0.15) is 17.3 Å². The fourth-order valence-corrected chi connectivity index (χ4v) is 3.63. The number of aromatic nitrogens is 3. The topological polar surface area (TPSA) is 137 Å². The number of ether oxygens (including phenoxy) is 3. The minimum Gasteiger partial charge on any atom is -0.493 e. The molecule has 0 aliphatic carbocycles. The van der Waals surface area contributed by atoms with Crippen LogP contribution in [0.15, 0.2) is 48.8 Å². The van der Waals surface area contributed by atoms with Gasteiger partial charge in [-0.2, -0.15) is 4.98 Å². The predicted molar refractivity (Wildman–Crippen MR) is 130 cm³/mol. The highest BCUT2D eigenvalue weighted by Crippen LogP contribution is 2.40. The van der Waals surface area contributed by atoms with Crippen LogP contribution in [0.25, 0.3) is 16.7 Å². The Bertz CT molecular complexity index is 1410. The van der Waals surface area contributed by atoms with Crippen LogP contribution >= 0.6 is 0 Å². The zero-order valence-corrected chi connectivity index (χ0v) is 19.4. The number of carbonyl (C=O) groups is 2. The molecule has 11 heteroatoms.